The Bertz CT molecular complexity index is 855. The van der Waals surface area contributed by atoms with Crippen LogP contribution in [-0.4, -0.2) is 16.6 Å². The normalized spacial score (nSPS) is 17.2. The average Bonchev–Trinajstić information content (AvgIpc) is 3.00. The van der Waals surface area contributed by atoms with Gasteiger partial charge in [-0.05, 0) is 80.5 Å². The van der Waals surface area contributed by atoms with Crippen molar-refractivity contribution in [3.63, 3.8) is 0 Å². The summed E-state index contributed by atoms with van der Waals surface area (Å²) in [6, 6.07) is 8.86. The third-order valence-corrected chi connectivity index (χ3v) is 8.98. The molecule has 1 aliphatic rings. The van der Waals surface area contributed by atoms with Gasteiger partial charge >= 0.3 is 0 Å². The lowest BCUT2D eigenvalue weighted by molar-refractivity contribution is 0.198. The molecule has 2 aromatic rings. The smallest absolute Gasteiger partial charge is 0.131 e. The molecule has 1 heterocycles. The highest BCUT2D eigenvalue weighted by molar-refractivity contribution is 5.27. The van der Waals surface area contributed by atoms with Gasteiger partial charge in [-0.25, -0.2) is 9.97 Å². The molecule has 3 heteroatoms. The van der Waals surface area contributed by atoms with Crippen molar-refractivity contribution >= 4 is 0 Å². The molecule has 0 amide bonds. The van der Waals surface area contributed by atoms with Crippen LogP contribution in [0, 0.1) is 5.92 Å². The first-order valence-electron chi connectivity index (χ1n) is 17.3. The molecule has 1 aromatic heterocycles. The fourth-order valence-electron chi connectivity index (χ4n) is 6.18. The maximum atomic E-state index is 6.18. The fourth-order valence-corrected chi connectivity index (χ4v) is 6.18. The number of hydrogen-bond acceptors (Lipinski definition) is 3. The number of aryl methyl sites for hydroxylation is 2. The SMILES string of the molecule is CCCCCCCCCCCCc1cnc([C@H]2CC[C@H](COc3ccc(CCCCCCCC)cc3)CC2)nc1. The Morgan fingerprint density at radius 1 is 0.575 bits per heavy atom. The molecule has 0 bridgehead atoms. The first-order valence-corrected chi connectivity index (χ1v) is 17.3. The molecular formula is C37H60N2O. The predicted molar refractivity (Wildman–Crippen MR) is 171 cm³/mol. The van der Waals surface area contributed by atoms with E-state index in [1.165, 1.54) is 146 Å². The first kappa shape index (κ1) is 32.6. The van der Waals surface area contributed by atoms with Crippen LogP contribution < -0.4 is 4.74 Å². The van der Waals surface area contributed by atoms with Gasteiger partial charge in [-0.15, -0.1) is 0 Å². The highest BCUT2D eigenvalue weighted by Gasteiger charge is 2.24. The highest BCUT2D eigenvalue weighted by Crippen LogP contribution is 2.34. The monoisotopic (exact) mass is 548 g/mol. The van der Waals surface area contributed by atoms with Gasteiger partial charge in [-0.1, -0.05) is 116 Å². The topological polar surface area (TPSA) is 35.0 Å². The Labute approximate surface area is 247 Å². The molecule has 1 saturated carbocycles. The summed E-state index contributed by atoms with van der Waals surface area (Å²) in [6.45, 7) is 5.41. The Balaban J connectivity index is 1.23. The van der Waals surface area contributed by atoms with Gasteiger partial charge in [0, 0.05) is 18.3 Å². The van der Waals surface area contributed by atoms with Gasteiger partial charge in [0.05, 0.1) is 6.61 Å². The second-order valence-electron chi connectivity index (χ2n) is 12.6. The molecule has 40 heavy (non-hydrogen) atoms. The van der Waals surface area contributed by atoms with Gasteiger partial charge in [0.15, 0.2) is 0 Å². The van der Waals surface area contributed by atoms with Crippen LogP contribution in [0.15, 0.2) is 36.7 Å². The van der Waals surface area contributed by atoms with Crippen molar-refractivity contribution in [2.75, 3.05) is 6.61 Å². The van der Waals surface area contributed by atoms with Crippen molar-refractivity contribution in [3.8, 4) is 5.75 Å². The van der Waals surface area contributed by atoms with Crippen molar-refractivity contribution in [1.82, 2.24) is 9.97 Å². The maximum absolute atomic E-state index is 6.18. The standard InChI is InChI=1S/C37H60N2O/c1-3-5-7-9-11-12-13-14-16-18-20-34-29-38-37(39-30-34)35-25-21-33(22-26-35)31-40-36-27-23-32(24-28-36)19-17-15-10-8-6-4-2/h23-24,27-30,33,35H,3-22,25-26,31H2,1-2H3/t33-,35-. The summed E-state index contributed by atoms with van der Waals surface area (Å²) < 4.78 is 6.18. The number of unbranched alkanes of at least 4 members (excludes halogenated alkanes) is 14. The molecule has 1 aliphatic carbocycles. The van der Waals surface area contributed by atoms with Gasteiger partial charge in [-0.3, -0.25) is 0 Å². The second-order valence-corrected chi connectivity index (χ2v) is 12.6. The van der Waals surface area contributed by atoms with E-state index >= 15 is 0 Å². The van der Waals surface area contributed by atoms with E-state index < -0.39 is 0 Å². The van der Waals surface area contributed by atoms with Crippen LogP contribution >= 0.6 is 0 Å². The lowest BCUT2D eigenvalue weighted by Gasteiger charge is -2.27. The third kappa shape index (κ3) is 13.6. The Morgan fingerprint density at radius 3 is 1.57 bits per heavy atom. The van der Waals surface area contributed by atoms with E-state index in [1.807, 2.05) is 0 Å². The summed E-state index contributed by atoms with van der Waals surface area (Å²) in [5.74, 6) is 3.25. The molecule has 0 aliphatic heterocycles. The van der Waals surface area contributed by atoms with Gasteiger partial charge in [0.25, 0.3) is 0 Å². The molecule has 3 nitrogen and oxygen atoms in total. The van der Waals surface area contributed by atoms with Crippen molar-refractivity contribution in [1.29, 1.82) is 0 Å². The van der Waals surface area contributed by atoms with Crippen LogP contribution in [-0.2, 0) is 12.8 Å². The molecule has 1 aromatic carbocycles. The minimum absolute atomic E-state index is 0.517. The maximum Gasteiger partial charge on any atom is 0.131 e. The zero-order valence-electron chi connectivity index (χ0n) is 26.2. The van der Waals surface area contributed by atoms with E-state index in [0.29, 0.717) is 11.8 Å². The van der Waals surface area contributed by atoms with Crippen molar-refractivity contribution in [2.24, 2.45) is 5.92 Å². The number of aromatic nitrogens is 2. The van der Waals surface area contributed by atoms with E-state index in [0.717, 1.165) is 24.6 Å². The summed E-state index contributed by atoms with van der Waals surface area (Å²) in [4.78, 5) is 9.58. The average molecular weight is 549 g/mol. The van der Waals surface area contributed by atoms with E-state index in [1.54, 1.807) is 0 Å². The van der Waals surface area contributed by atoms with Crippen LogP contribution in [0.4, 0.5) is 0 Å². The van der Waals surface area contributed by atoms with Gasteiger partial charge < -0.3 is 4.74 Å². The Hall–Kier alpha value is -1.90. The Kier molecular flexibility index (Phi) is 17.0. The number of rotatable bonds is 22. The lowest BCUT2D eigenvalue weighted by Crippen LogP contribution is -2.20. The second kappa shape index (κ2) is 20.9. The van der Waals surface area contributed by atoms with E-state index in [9.17, 15) is 0 Å². The zero-order chi connectivity index (χ0) is 28.1. The number of ether oxygens (including phenoxy) is 1. The molecule has 0 unspecified atom stereocenters. The van der Waals surface area contributed by atoms with Crippen molar-refractivity contribution < 1.29 is 4.74 Å². The molecule has 3 rings (SSSR count). The summed E-state index contributed by atoms with van der Waals surface area (Å²) in [5, 5.41) is 0. The van der Waals surface area contributed by atoms with Crippen molar-refractivity contribution in [3.05, 3.63) is 53.6 Å². The number of nitrogens with zero attached hydrogens (tertiary/aromatic N) is 2. The molecule has 0 saturated heterocycles. The number of hydrogen-bond donors (Lipinski definition) is 0. The summed E-state index contributed by atoms with van der Waals surface area (Å²) >= 11 is 0. The molecule has 0 radical (unpaired) electrons. The fraction of sp³-hybridized carbons (Fsp3) is 0.730. The zero-order valence-corrected chi connectivity index (χ0v) is 26.2. The van der Waals surface area contributed by atoms with Crippen LogP contribution in [0.1, 0.15) is 165 Å². The first-order chi connectivity index (χ1) is 19.8. The van der Waals surface area contributed by atoms with E-state index in [2.05, 4.69) is 50.5 Å². The predicted octanol–water partition coefficient (Wildman–Crippen LogP) is 11.2. The summed E-state index contributed by atoms with van der Waals surface area (Å²) in [6.07, 6.45) is 33.3. The molecule has 0 spiro atoms. The van der Waals surface area contributed by atoms with Gasteiger partial charge in [0.2, 0.25) is 0 Å². The van der Waals surface area contributed by atoms with Gasteiger partial charge in [-0.2, -0.15) is 0 Å². The quantitative estimate of drug-likeness (QED) is 0.137. The van der Waals surface area contributed by atoms with Crippen LogP contribution in [0.25, 0.3) is 0 Å². The van der Waals surface area contributed by atoms with Crippen LogP contribution in [0.5, 0.6) is 5.75 Å². The molecule has 224 valence electrons. The summed E-state index contributed by atoms with van der Waals surface area (Å²) in [7, 11) is 0. The molecule has 1 fully saturated rings. The van der Waals surface area contributed by atoms with E-state index in [-0.39, 0.29) is 0 Å². The molecule has 0 N–H and O–H groups in total. The lowest BCUT2D eigenvalue weighted by atomic mass is 9.82. The number of benzene rings is 1. The summed E-state index contributed by atoms with van der Waals surface area (Å²) in [5.41, 5.74) is 2.75. The minimum Gasteiger partial charge on any atom is -0.493 e. The molecule has 0 atom stereocenters. The van der Waals surface area contributed by atoms with Gasteiger partial charge in [0.1, 0.15) is 11.6 Å². The van der Waals surface area contributed by atoms with Crippen LogP contribution in [0.2, 0.25) is 0 Å². The highest BCUT2D eigenvalue weighted by atomic mass is 16.5. The minimum atomic E-state index is 0.517. The van der Waals surface area contributed by atoms with Crippen molar-refractivity contribution in [2.45, 2.75) is 161 Å². The molecular weight excluding hydrogens is 488 g/mol. The third-order valence-electron chi connectivity index (χ3n) is 8.98. The largest absolute Gasteiger partial charge is 0.493 e. The Morgan fingerprint density at radius 2 is 1.05 bits per heavy atom. The van der Waals surface area contributed by atoms with E-state index in [4.69, 9.17) is 14.7 Å². The van der Waals surface area contributed by atoms with Crippen LogP contribution in [0.3, 0.4) is 0 Å².